The van der Waals surface area contributed by atoms with Crippen molar-refractivity contribution >= 4 is 23.1 Å². The van der Waals surface area contributed by atoms with Crippen LogP contribution < -0.4 is 4.90 Å². The van der Waals surface area contributed by atoms with E-state index in [1.165, 1.54) is 30.3 Å². The molecule has 0 unspecified atom stereocenters. The fourth-order valence-corrected chi connectivity index (χ4v) is 3.64. The van der Waals surface area contributed by atoms with Crippen LogP contribution in [0.2, 0.25) is 0 Å². The molecule has 0 aliphatic carbocycles. The normalized spacial score (nSPS) is 18.2. The summed E-state index contributed by atoms with van der Waals surface area (Å²) in [5.41, 5.74) is -0.978. The highest BCUT2D eigenvalue weighted by molar-refractivity contribution is 6.51. The third-order valence-electron chi connectivity index (χ3n) is 5.13. The van der Waals surface area contributed by atoms with Crippen LogP contribution in [0.15, 0.2) is 84.4 Å². The van der Waals surface area contributed by atoms with Gasteiger partial charge in [-0.05, 0) is 35.9 Å². The lowest BCUT2D eigenvalue weighted by atomic mass is 9.95. The molecule has 162 valence electrons. The summed E-state index contributed by atoms with van der Waals surface area (Å²) in [6, 6.07) is 15.5. The molecule has 3 aromatic carbocycles. The Morgan fingerprint density at radius 3 is 2.16 bits per heavy atom. The smallest absolute Gasteiger partial charge is 0.416 e. The molecule has 1 heterocycles. The van der Waals surface area contributed by atoms with Gasteiger partial charge in [-0.3, -0.25) is 14.5 Å². The van der Waals surface area contributed by atoms with Gasteiger partial charge in [0.15, 0.2) is 0 Å². The Hall–Kier alpha value is -3.94. The number of nitrogens with zero attached hydrogens (tertiary/aromatic N) is 1. The molecule has 1 N–H and O–H groups in total. The van der Waals surface area contributed by atoms with E-state index in [-0.39, 0.29) is 22.4 Å². The van der Waals surface area contributed by atoms with Crippen LogP contribution >= 0.6 is 0 Å². The topological polar surface area (TPSA) is 57.6 Å². The van der Waals surface area contributed by atoms with E-state index in [0.717, 1.165) is 35.2 Å². The summed E-state index contributed by atoms with van der Waals surface area (Å²) in [4.78, 5) is 26.8. The minimum absolute atomic E-state index is 0.177. The summed E-state index contributed by atoms with van der Waals surface area (Å²) < 4.78 is 53.3. The van der Waals surface area contributed by atoms with Gasteiger partial charge in [-0.2, -0.15) is 13.2 Å². The van der Waals surface area contributed by atoms with Crippen molar-refractivity contribution in [1.82, 2.24) is 0 Å². The van der Waals surface area contributed by atoms with Gasteiger partial charge in [-0.15, -0.1) is 0 Å². The first-order valence-electron chi connectivity index (χ1n) is 9.47. The molecule has 1 atom stereocenters. The minimum Gasteiger partial charge on any atom is -0.507 e. The number of rotatable bonds is 3. The fourth-order valence-electron chi connectivity index (χ4n) is 3.64. The molecule has 0 radical (unpaired) electrons. The molecule has 32 heavy (non-hydrogen) atoms. The lowest BCUT2D eigenvalue weighted by Crippen LogP contribution is -2.29. The Morgan fingerprint density at radius 2 is 1.53 bits per heavy atom. The van der Waals surface area contributed by atoms with Crippen molar-refractivity contribution in [2.45, 2.75) is 12.2 Å². The SMILES string of the molecule is O=C1C(=O)N(c2cccc(C(F)(F)F)c2)[C@H](c2ccc(F)cc2)/C1=C(\O)c1ccccc1. The van der Waals surface area contributed by atoms with Gasteiger partial charge in [-0.1, -0.05) is 48.5 Å². The Labute approximate surface area is 180 Å². The van der Waals surface area contributed by atoms with Gasteiger partial charge in [-0.25, -0.2) is 4.39 Å². The molecule has 3 aromatic rings. The van der Waals surface area contributed by atoms with Crippen LogP contribution in [0.5, 0.6) is 0 Å². The predicted molar refractivity (Wildman–Crippen MR) is 109 cm³/mol. The highest BCUT2D eigenvalue weighted by atomic mass is 19.4. The number of benzene rings is 3. The maximum atomic E-state index is 13.5. The highest BCUT2D eigenvalue weighted by Crippen LogP contribution is 2.43. The van der Waals surface area contributed by atoms with Gasteiger partial charge in [0.25, 0.3) is 11.7 Å². The summed E-state index contributed by atoms with van der Waals surface area (Å²) >= 11 is 0. The number of amides is 1. The number of Topliss-reactive ketones (excluding diaryl/α,β-unsaturated/α-hetero) is 1. The van der Waals surface area contributed by atoms with E-state index in [1.807, 2.05) is 0 Å². The van der Waals surface area contributed by atoms with Gasteiger partial charge in [0.1, 0.15) is 11.6 Å². The van der Waals surface area contributed by atoms with Crippen molar-refractivity contribution in [3.05, 3.63) is 107 Å². The maximum absolute atomic E-state index is 13.5. The number of hydrogen-bond donors (Lipinski definition) is 1. The number of anilines is 1. The largest absolute Gasteiger partial charge is 0.507 e. The second kappa shape index (κ2) is 7.96. The van der Waals surface area contributed by atoms with Crippen molar-refractivity contribution in [3.8, 4) is 0 Å². The first kappa shape index (κ1) is 21.3. The Bertz CT molecular complexity index is 1220. The van der Waals surface area contributed by atoms with Crippen LogP contribution in [0, 0.1) is 5.82 Å². The fraction of sp³-hybridized carbons (Fsp3) is 0.0833. The van der Waals surface area contributed by atoms with E-state index < -0.39 is 41.0 Å². The Balaban J connectivity index is 1.94. The van der Waals surface area contributed by atoms with E-state index in [9.17, 15) is 32.3 Å². The molecule has 4 nitrogen and oxygen atoms in total. The Morgan fingerprint density at radius 1 is 0.875 bits per heavy atom. The first-order chi connectivity index (χ1) is 15.2. The number of alkyl halides is 3. The van der Waals surface area contributed by atoms with Crippen LogP contribution in [-0.4, -0.2) is 16.8 Å². The van der Waals surface area contributed by atoms with Crippen molar-refractivity contribution in [3.63, 3.8) is 0 Å². The molecule has 0 aromatic heterocycles. The average Bonchev–Trinajstić information content (AvgIpc) is 3.04. The van der Waals surface area contributed by atoms with Crippen molar-refractivity contribution in [1.29, 1.82) is 0 Å². The quantitative estimate of drug-likeness (QED) is 0.254. The summed E-state index contributed by atoms with van der Waals surface area (Å²) in [7, 11) is 0. The number of halogens is 4. The van der Waals surface area contributed by atoms with Crippen LogP contribution in [0.4, 0.5) is 23.2 Å². The number of aliphatic hydroxyl groups is 1. The number of aliphatic hydroxyl groups excluding tert-OH is 1. The molecule has 1 aliphatic rings. The lowest BCUT2D eigenvalue weighted by Gasteiger charge is -2.26. The molecule has 0 spiro atoms. The molecule has 4 rings (SSSR count). The summed E-state index contributed by atoms with van der Waals surface area (Å²) in [6.45, 7) is 0. The first-order valence-corrected chi connectivity index (χ1v) is 9.47. The zero-order valence-corrected chi connectivity index (χ0v) is 16.3. The summed E-state index contributed by atoms with van der Waals surface area (Å²) in [6.07, 6.45) is -4.67. The van der Waals surface area contributed by atoms with E-state index >= 15 is 0 Å². The molecule has 1 fully saturated rings. The molecular formula is C24H15F4NO3. The van der Waals surface area contributed by atoms with Gasteiger partial charge in [0.2, 0.25) is 0 Å². The van der Waals surface area contributed by atoms with E-state index in [2.05, 4.69) is 0 Å². The molecule has 8 heteroatoms. The second-order valence-corrected chi connectivity index (χ2v) is 7.13. The number of hydrogen-bond acceptors (Lipinski definition) is 3. The number of ketones is 1. The lowest BCUT2D eigenvalue weighted by molar-refractivity contribution is -0.137. The Kier molecular flexibility index (Phi) is 5.30. The van der Waals surface area contributed by atoms with Gasteiger partial charge < -0.3 is 5.11 Å². The number of carbonyl (C=O) groups excluding carboxylic acids is 2. The molecule has 1 aliphatic heterocycles. The van der Waals surface area contributed by atoms with E-state index in [4.69, 9.17) is 0 Å². The van der Waals surface area contributed by atoms with Gasteiger partial charge in [0.05, 0.1) is 17.2 Å². The summed E-state index contributed by atoms with van der Waals surface area (Å²) in [5.74, 6) is -3.21. The molecule has 1 amide bonds. The van der Waals surface area contributed by atoms with Crippen molar-refractivity contribution in [2.75, 3.05) is 4.90 Å². The zero-order valence-electron chi connectivity index (χ0n) is 16.3. The van der Waals surface area contributed by atoms with Crippen LogP contribution in [0.3, 0.4) is 0 Å². The van der Waals surface area contributed by atoms with Crippen molar-refractivity contribution < 1.29 is 32.3 Å². The second-order valence-electron chi connectivity index (χ2n) is 7.13. The molecule has 0 bridgehead atoms. The third-order valence-corrected chi connectivity index (χ3v) is 5.13. The van der Waals surface area contributed by atoms with E-state index in [1.54, 1.807) is 18.2 Å². The highest BCUT2D eigenvalue weighted by Gasteiger charge is 2.47. The van der Waals surface area contributed by atoms with Gasteiger partial charge >= 0.3 is 6.18 Å². The maximum Gasteiger partial charge on any atom is 0.416 e. The molecule has 1 saturated heterocycles. The monoisotopic (exact) mass is 441 g/mol. The number of carbonyl (C=O) groups is 2. The minimum atomic E-state index is -4.67. The van der Waals surface area contributed by atoms with Gasteiger partial charge in [0, 0.05) is 11.3 Å². The van der Waals surface area contributed by atoms with Crippen LogP contribution in [-0.2, 0) is 15.8 Å². The summed E-state index contributed by atoms with van der Waals surface area (Å²) in [5, 5.41) is 10.9. The van der Waals surface area contributed by atoms with E-state index in [0.29, 0.717) is 0 Å². The molecular weight excluding hydrogens is 426 g/mol. The van der Waals surface area contributed by atoms with Crippen LogP contribution in [0.25, 0.3) is 5.76 Å². The van der Waals surface area contributed by atoms with Crippen molar-refractivity contribution in [2.24, 2.45) is 0 Å². The zero-order chi connectivity index (χ0) is 23.0. The van der Waals surface area contributed by atoms with Crippen LogP contribution in [0.1, 0.15) is 22.7 Å². The average molecular weight is 441 g/mol. The molecule has 0 saturated carbocycles. The standard InChI is InChI=1S/C24H15F4NO3/c25-17-11-9-14(10-12-17)20-19(21(30)15-5-2-1-3-6-15)22(31)23(32)29(20)18-8-4-7-16(13-18)24(26,27)28/h1-13,20,30H/b21-19+/t20-/m1/s1. The third kappa shape index (κ3) is 3.75. The predicted octanol–water partition coefficient (Wildman–Crippen LogP) is 5.47.